The quantitative estimate of drug-likeness (QED) is 0.868. The minimum absolute atomic E-state index is 0.0938. The number of nitrogens with zero attached hydrogens (tertiary/aromatic N) is 1. The third-order valence-electron chi connectivity index (χ3n) is 3.06. The number of aromatic nitrogens is 1. The summed E-state index contributed by atoms with van der Waals surface area (Å²) in [7, 11) is 1.20. The molecule has 102 valence electrons. The Bertz CT molecular complexity index is 618. The zero-order valence-corrected chi connectivity index (χ0v) is 11.1. The first kappa shape index (κ1) is 13.5. The van der Waals surface area contributed by atoms with Gasteiger partial charge in [0.05, 0.1) is 18.3 Å². The van der Waals surface area contributed by atoms with E-state index in [4.69, 9.17) is 0 Å². The molecule has 2 aromatic rings. The molecule has 2 rings (SSSR count). The molecule has 1 unspecified atom stereocenters. The van der Waals surface area contributed by atoms with Crippen LogP contribution in [0, 0.1) is 5.82 Å². The van der Waals surface area contributed by atoms with Crippen LogP contribution in [0.5, 0.6) is 0 Å². The summed E-state index contributed by atoms with van der Waals surface area (Å²) in [6, 6.07) is 6.21. The number of benzene rings is 1. The van der Waals surface area contributed by atoms with Crippen LogP contribution in [-0.4, -0.2) is 22.8 Å². The fourth-order valence-corrected chi connectivity index (χ4v) is 2.26. The highest BCUT2D eigenvalue weighted by Gasteiger charge is 2.25. The number of halogens is 1. The van der Waals surface area contributed by atoms with Crippen LogP contribution < -0.4 is 0 Å². The number of carbonyl (C=O) groups excluding carboxylic acids is 1. The van der Waals surface area contributed by atoms with Crippen LogP contribution in [0.25, 0.3) is 10.9 Å². The van der Waals surface area contributed by atoms with Gasteiger partial charge in [-0.05, 0) is 26.0 Å². The Hall–Kier alpha value is -1.88. The second kappa shape index (κ2) is 5.01. The standard InChI is InChI=1S/C14H16FNO3/c1-8(2)16-11(13(17)14(18)19-3)7-9-5-4-6-10(15)12(9)16/h4-8,13,17H,1-3H3. The van der Waals surface area contributed by atoms with E-state index in [9.17, 15) is 14.3 Å². The van der Waals surface area contributed by atoms with Gasteiger partial charge in [-0.15, -0.1) is 0 Å². The van der Waals surface area contributed by atoms with E-state index in [0.29, 0.717) is 16.6 Å². The Labute approximate surface area is 110 Å². The van der Waals surface area contributed by atoms with Gasteiger partial charge in [-0.3, -0.25) is 0 Å². The second-order valence-corrected chi connectivity index (χ2v) is 4.64. The Morgan fingerprint density at radius 1 is 1.42 bits per heavy atom. The number of hydrogen-bond donors (Lipinski definition) is 1. The largest absolute Gasteiger partial charge is 0.467 e. The van der Waals surface area contributed by atoms with Gasteiger partial charge in [-0.25, -0.2) is 9.18 Å². The Morgan fingerprint density at radius 3 is 2.68 bits per heavy atom. The van der Waals surface area contributed by atoms with Crippen molar-refractivity contribution >= 4 is 16.9 Å². The predicted octanol–water partition coefficient (Wildman–Crippen LogP) is 2.57. The molecule has 0 spiro atoms. The van der Waals surface area contributed by atoms with E-state index in [1.165, 1.54) is 13.2 Å². The number of esters is 1. The van der Waals surface area contributed by atoms with Crippen molar-refractivity contribution in [1.82, 2.24) is 4.57 Å². The van der Waals surface area contributed by atoms with E-state index in [0.717, 1.165) is 0 Å². The van der Waals surface area contributed by atoms with Crippen molar-refractivity contribution in [2.45, 2.75) is 26.0 Å². The SMILES string of the molecule is COC(=O)C(O)c1cc2cccc(F)c2n1C(C)C. The molecule has 0 aliphatic rings. The molecule has 4 nitrogen and oxygen atoms in total. The summed E-state index contributed by atoms with van der Waals surface area (Å²) < 4.78 is 20.1. The van der Waals surface area contributed by atoms with Gasteiger partial charge in [0.2, 0.25) is 0 Å². The van der Waals surface area contributed by atoms with Crippen molar-refractivity contribution in [1.29, 1.82) is 0 Å². The maximum Gasteiger partial charge on any atom is 0.340 e. The van der Waals surface area contributed by atoms with E-state index < -0.39 is 12.1 Å². The molecule has 0 saturated carbocycles. The summed E-state index contributed by atoms with van der Waals surface area (Å²) in [6.45, 7) is 3.72. The molecule has 0 fully saturated rings. The van der Waals surface area contributed by atoms with Crippen molar-refractivity contribution in [2.24, 2.45) is 0 Å². The van der Waals surface area contributed by atoms with E-state index >= 15 is 0 Å². The molecule has 5 heteroatoms. The van der Waals surface area contributed by atoms with Crippen LogP contribution in [0.2, 0.25) is 0 Å². The molecule has 1 N–H and O–H groups in total. The number of para-hydroxylation sites is 1. The molecule has 1 aromatic heterocycles. The zero-order chi connectivity index (χ0) is 14.2. The van der Waals surface area contributed by atoms with E-state index in [2.05, 4.69) is 4.74 Å². The first-order chi connectivity index (χ1) is 8.97. The third kappa shape index (κ3) is 2.21. The number of carbonyl (C=O) groups is 1. The van der Waals surface area contributed by atoms with Crippen molar-refractivity contribution in [3.63, 3.8) is 0 Å². The Balaban J connectivity index is 2.71. The van der Waals surface area contributed by atoms with Crippen LogP contribution in [-0.2, 0) is 9.53 Å². The molecule has 0 bridgehead atoms. The number of rotatable bonds is 3. The maximum absolute atomic E-state index is 13.9. The summed E-state index contributed by atoms with van der Waals surface area (Å²) in [5, 5.41) is 10.6. The van der Waals surface area contributed by atoms with Crippen LogP contribution >= 0.6 is 0 Å². The number of ether oxygens (including phenoxy) is 1. The molecular weight excluding hydrogens is 249 g/mol. The van der Waals surface area contributed by atoms with Crippen LogP contribution in [0.15, 0.2) is 24.3 Å². The zero-order valence-electron chi connectivity index (χ0n) is 11.1. The van der Waals surface area contributed by atoms with Crippen molar-refractivity contribution < 1.29 is 19.0 Å². The second-order valence-electron chi connectivity index (χ2n) is 4.64. The van der Waals surface area contributed by atoms with Gasteiger partial charge < -0.3 is 14.4 Å². The molecule has 1 atom stereocenters. The lowest BCUT2D eigenvalue weighted by Gasteiger charge is -2.17. The molecule has 0 amide bonds. The lowest BCUT2D eigenvalue weighted by molar-refractivity contribution is -0.151. The highest BCUT2D eigenvalue weighted by atomic mass is 19.1. The molecule has 0 aliphatic carbocycles. The third-order valence-corrected chi connectivity index (χ3v) is 3.06. The van der Waals surface area contributed by atoms with Gasteiger partial charge in [0, 0.05) is 11.4 Å². The topological polar surface area (TPSA) is 51.5 Å². The summed E-state index contributed by atoms with van der Waals surface area (Å²) in [4.78, 5) is 11.5. The normalized spacial score (nSPS) is 12.9. The van der Waals surface area contributed by atoms with Crippen LogP contribution in [0.1, 0.15) is 31.7 Å². The van der Waals surface area contributed by atoms with Gasteiger partial charge in [0.15, 0.2) is 6.10 Å². The van der Waals surface area contributed by atoms with E-state index in [-0.39, 0.29) is 11.9 Å². The van der Waals surface area contributed by atoms with Crippen LogP contribution in [0.4, 0.5) is 4.39 Å². The maximum atomic E-state index is 13.9. The highest BCUT2D eigenvalue weighted by molar-refractivity contribution is 5.85. The summed E-state index contributed by atoms with van der Waals surface area (Å²) in [5.41, 5.74) is 0.720. The number of hydrogen-bond acceptors (Lipinski definition) is 3. The smallest absolute Gasteiger partial charge is 0.340 e. The lowest BCUT2D eigenvalue weighted by atomic mass is 10.2. The average molecular weight is 265 g/mol. The molecule has 19 heavy (non-hydrogen) atoms. The van der Waals surface area contributed by atoms with Crippen molar-refractivity contribution in [3.8, 4) is 0 Å². The lowest BCUT2D eigenvalue weighted by Crippen LogP contribution is -2.18. The van der Waals surface area contributed by atoms with Gasteiger partial charge in [-0.1, -0.05) is 12.1 Å². The molecule has 1 heterocycles. The molecule has 0 aliphatic heterocycles. The Kier molecular flexibility index (Phi) is 3.57. The van der Waals surface area contributed by atoms with E-state index in [1.807, 2.05) is 13.8 Å². The first-order valence-electron chi connectivity index (χ1n) is 6.02. The van der Waals surface area contributed by atoms with Crippen molar-refractivity contribution in [3.05, 3.63) is 35.8 Å². The molecule has 1 aromatic carbocycles. The van der Waals surface area contributed by atoms with Crippen LogP contribution in [0.3, 0.4) is 0 Å². The number of methoxy groups -OCH3 is 1. The minimum atomic E-state index is -1.42. The van der Waals surface area contributed by atoms with Gasteiger partial charge in [0.25, 0.3) is 0 Å². The molecular formula is C14H16FNO3. The number of fused-ring (bicyclic) bond motifs is 1. The summed E-state index contributed by atoms with van der Waals surface area (Å²) in [6.07, 6.45) is -1.42. The number of aliphatic hydroxyl groups is 1. The monoisotopic (exact) mass is 265 g/mol. The first-order valence-corrected chi connectivity index (χ1v) is 6.02. The minimum Gasteiger partial charge on any atom is -0.467 e. The fourth-order valence-electron chi connectivity index (χ4n) is 2.26. The average Bonchev–Trinajstić information content (AvgIpc) is 2.77. The summed E-state index contributed by atoms with van der Waals surface area (Å²) >= 11 is 0. The molecule has 0 radical (unpaired) electrons. The highest BCUT2D eigenvalue weighted by Crippen LogP contribution is 2.30. The summed E-state index contributed by atoms with van der Waals surface area (Å²) in [5.74, 6) is -1.14. The molecule has 0 saturated heterocycles. The van der Waals surface area contributed by atoms with Crippen molar-refractivity contribution in [2.75, 3.05) is 7.11 Å². The van der Waals surface area contributed by atoms with E-state index in [1.54, 1.807) is 22.8 Å². The predicted molar refractivity (Wildman–Crippen MR) is 69.3 cm³/mol. The Morgan fingerprint density at radius 2 is 2.11 bits per heavy atom. The van der Waals surface area contributed by atoms with Gasteiger partial charge >= 0.3 is 5.97 Å². The van der Waals surface area contributed by atoms with Gasteiger partial charge in [-0.2, -0.15) is 0 Å². The van der Waals surface area contributed by atoms with Gasteiger partial charge in [0.1, 0.15) is 5.82 Å². The number of aliphatic hydroxyl groups excluding tert-OH is 1. The fraction of sp³-hybridized carbons (Fsp3) is 0.357.